The Morgan fingerprint density at radius 3 is 2.57 bits per heavy atom. The predicted octanol–water partition coefficient (Wildman–Crippen LogP) is 1.39. The third kappa shape index (κ3) is 5.91. The first kappa shape index (κ1) is 22.1. The van der Waals surface area contributed by atoms with Gasteiger partial charge in [-0.2, -0.15) is 4.31 Å². The van der Waals surface area contributed by atoms with Gasteiger partial charge in [-0.15, -0.1) is 0 Å². The molecular formula is C18H26N2O7S. The van der Waals surface area contributed by atoms with Crippen molar-refractivity contribution in [2.24, 2.45) is 0 Å². The monoisotopic (exact) mass is 414 g/mol. The number of nitrogens with zero attached hydrogens (tertiary/aromatic N) is 1. The van der Waals surface area contributed by atoms with Crippen molar-refractivity contribution in [2.75, 3.05) is 44.8 Å². The number of morpholine rings is 1. The van der Waals surface area contributed by atoms with Crippen LogP contribution in [0.5, 0.6) is 5.75 Å². The van der Waals surface area contributed by atoms with Crippen LogP contribution in [0.1, 0.15) is 26.7 Å². The number of nitrogens with one attached hydrogen (secondary N) is 1. The number of carbonyl (C=O) groups excluding carboxylic acids is 2. The summed E-state index contributed by atoms with van der Waals surface area (Å²) >= 11 is 0. The van der Waals surface area contributed by atoms with Gasteiger partial charge in [-0.25, -0.2) is 8.42 Å². The van der Waals surface area contributed by atoms with E-state index >= 15 is 0 Å². The number of amides is 1. The molecule has 0 atom stereocenters. The zero-order valence-corrected chi connectivity index (χ0v) is 16.9. The van der Waals surface area contributed by atoms with Crippen molar-refractivity contribution in [1.29, 1.82) is 0 Å². The van der Waals surface area contributed by atoms with E-state index in [0.29, 0.717) is 32.0 Å². The smallest absolute Gasteiger partial charge is 0.306 e. The molecule has 1 aliphatic rings. The Morgan fingerprint density at radius 1 is 1.21 bits per heavy atom. The van der Waals surface area contributed by atoms with E-state index in [-0.39, 0.29) is 30.1 Å². The van der Waals surface area contributed by atoms with Gasteiger partial charge in [0.05, 0.1) is 30.4 Å². The van der Waals surface area contributed by atoms with E-state index in [1.807, 2.05) is 6.92 Å². The van der Waals surface area contributed by atoms with Gasteiger partial charge in [0.15, 0.2) is 6.61 Å². The molecule has 1 amide bonds. The number of carbonyl (C=O) groups is 2. The lowest BCUT2D eigenvalue weighted by Gasteiger charge is -2.26. The molecule has 1 fully saturated rings. The van der Waals surface area contributed by atoms with Gasteiger partial charge in [-0.1, -0.05) is 6.92 Å². The molecule has 0 bridgehead atoms. The highest BCUT2D eigenvalue weighted by atomic mass is 32.2. The van der Waals surface area contributed by atoms with Crippen LogP contribution in [0.2, 0.25) is 0 Å². The summed E-state index contributed by atoms with van der Waals surface area (Å²) in [5.41, 5.74) is 0.202. The molecule has 1 aliphatic heterocycles. The van der Waals surface area contributed by atoms with E-state index in [9.17, 15) is 18.0 Å². The Bertz CT molecular complexity index is 789. The molecule has 0 radical (unpaired) electrons. The van der Waals surface area contributed by atoms with Crippen LogP contribution in [-0.2, 0) is 29.1 Å². The lowest BCUT2D eigenvalue weighted by atomic mass is 10.3. The third-order valence-corrected chi connectivity index (χ3v) is 5.85. The summed E-state index contributed by atoms with van der Waals surface area (Å²) < 4.78 is 42.5. The molecule has 0 aliphatic carbocycles. The van der Waals surface area contributed by atoms with Crippen molar-refractivity contribution in [3.63, 3.8) is 0 Å². The van der Waals surface area contributed by atoms with Crippen molar-refractivity contribution in [3.05, 3.63) is 18.2 Å². The number of ether oxygens (including phenoxy) is 3. The highest BCUT2D eigenvalue weighted by Gasteiger charge is 2.27. The molecule has 10 heteroatoms. The molecule has 0 spiro atoms. The molecule has 0 saturated carbocycles. The fraction of sp³-hybridized carbons (Fsp3) is 0.556. The highest BCUT2D eigenvalue weighted by Crippen LogP contribution is 2.29. The normalized spacial score (nSPS) is 15.1. The van der Waals surface area contributed by atoms with Gasteiger partial charge in [0, 0.05) is 19.5 Å². The fourth-order valence-electron chi connectivity index (χ4n) is 2.59. The average Bonchev–Trinajstić information content (AvgIpc) is 2.69. The van der Waals surface area contributed by atoms with E-state index in [2.05, 4.69) is 5.32 Å². The maximum Gasteiger partial charge on any atom is 0.306 e. The second kappa shape index (κ2) is 10.4. The van der Waals surface area contributed by atoms with E-state index in [1.165, 1.54) is 22.5 Å². The van der Waals surface area contributed by atoms with E-state index in [4.69, 9.17) is 14.2 Å². The zero-order valence-electron chi connectivity index (χ0n) is 16.1. The predicted molar refractivity (Wildman–Crippen MR) is 102 cm³/mol. The van der Waals surface area contributed by atoms with Gasteiger partial charge >= 0.3 is 5.97 Å². The van der Waals surface area contributed by atoms with Crippen molar-refractivity contribution < 1.29 is 32.2 Å². The molecule has 1 N–H and O–H groups in total. The van der Waals surface area contributed by atoms with Gasteiger partial charge in [0.25, 0.3) is 5.91 Å². The summed E-state index contributed by atoms with van der Waals surface area (Å²) in [5.74, 6) is -0.714. The number of sulfonamides is 1. The van der Waals surface area contributed by atoms with Crippen LogP contribution >= 0.6 is 0 Å². The Balaban J connectivity index is 2.18. The molecule has 9 nitrogen and oxygen atoms in total. The maximum absolute atomic E-state index is 12.8. The standard InChI is InChI=1S/C18H26N2O7S/c1-3-5-18(22)27-13-17(21)19-15-12-14(6-7-16(15)26-4-2)28(23,24)20-8-10-25-11-9-20/h6-7,12H,3-5,8-11,13H2,1-2H3,(H,19,21). The second-order valence-corrected chi connectivity index (χ2v) is 8.00. The maximum atomic E-state index is 12.8. The second-order valence-electron chi connectivity index (χ2n) is 6.07. The molecule has 0 aromatic heterocycles. The molecule has 0 unspecified atom stereocenters. The first-order valence-corrected chi connectivity index (χ1v) is 10.6. The topological polar surface area (TPSA) is 111 Å². The lowest BCUT2D eigenvalue weighted by Crippen LogP contribution is -2.40. The quantitative estimate of drug-likeness (QED) is 0.608. The molecule has 1 aromatic rings. The molecule has 1 aromatic carbocycles. The first-order valence-electron chi connectivity index (χ1n) is 9.18. The van der Waals surface area contributed by atoms with Crippen LogP contribution in [-0.4, -0.2) is 64.1 Å². The number of hydrogen-bond donors (Lipinski definition) is 1. The van der Waals surface area contributed by atoms with E-state index in [0.717, 1.165) is 0 Å². The number of benzene rings is 1. The van der Waals surface area contributed by atoms with Crippen LogP contribution in [0.4, 0.5) is 5.69 Å². The van der Waals surface area contributed by atoms with Crippen LogP contribution in [0.15, 0.2) is 23.1 Å². The number of anilines is 1. The largest absolute Gasteiger partial charge is 0.492 e. The minimum atomic E-state index is -3.72. The zero-order chi connectivity index (χ0) is 20.6. The van der Waals surface area contributed by atoms with Crippen LogP contribution in [0.3, 0.4) is 0 Å². The summed E-state index contributed by atoms with van der Waals surface area (Å²) in [4.78, 5) is 23.6. The minimum Gasteiger partial charge on any atom is -0.492 e. The molecule has 1 saturated heterocycles. The first-order chi connectivity index (χ1) is 13.4. The minimum absolute atomic E-state index is 0.0381. The Labute approximate surface area is 165 Å². The average molecular weight is 414 g/mol. The number of esters is 1. The summed E-state index contributed by atoms with van der Waals surface area (Å²) in [6.45, 7) is 4.70. The van der Waals surface area contributed by atoms with Gasteiger partial charge in [-0.05, 0) is 31.5 Å². The molecular weight excluding hydrogens is 388 g/mol. The Hall–Kier alpha value is -2.17. The highest BCUT2D eigenvalue weighted by molar-refractivity contribution is 7.89. The summed E-state index contributed by atoms with van der Waals surface area (Å²) in [5, 5.41) is 2.56. The number of rotatable bonds is 9. The van der Waals surface area contributed by atoms with Gasteiger partial charge in [-0.3, -0.25) is 9.59 Å². The lowest BCUT2D eigenvalue weighted by molar-refractivity contribution is -0.147. The van der Waals surface area contributed by atoms with Crippen molar-refractivity contribution in [1.82, 2.24) is 4.31 Å². The molecule has 2 rings (SSSR count). The van der Waals surface area contributed by atoms with Crippen LogP contribution in [0.25, 0.3) is 0 Å². The van der Waals surface area contributed by atoms with Crippen LogP contribution < -0.4 is 10.1 Å². The summed E-state index contributed by atoms with van der Waals surface area (Å²) in [7, 11) is -3.72. The SMILES string of the molecule is CCCC(=O)OCC(=O)Nc1cc(S(=O)(=O)N2CCOCC2)ccc1OCC. The Kier molecular flexibility index (Phi) is 8.21. The van der Waals surface area contributed by atoms with E-state index in [1.54, 1.807) is 6.92 Å². The summed E-state index contributed by atoms with van der Waals surface area (Å²) in [6.07, 6.45) is 0.848. The van der Waals surface area contributed by atoms with Gasteiger partial charge < -0.3 is 19.5 Å². The van der Waals surface area contributed by atoms with Gasteiger partial charge in [0.1, 0.15) is 5.75 Å². The third-order valence-electron chi connectivity index (χ3n) is 3.95. The fourth-order valence-corrected chi connectivity index (χ4v) is 4.03. The van der Waals surface area contributed by atoms with Crippen molar-refractivity contribution in [3.8, 4) is 5.75 Å². The molecule has 156 valence electrons. The van der Waals surface area contributed by atoms with Crippen molar-refractivity contribution in [2.45, 2.75) is 31.6 Å². The summed E-state index contributed by atoms with van der Waals surface area (Å²) in [6, 6.07) is 4.28. The van der Waals surface area contributed by atoms with Gasteiger partial charge in [0.2, 0.25) is 10.0 Å². The van der Waals surface area contributed by atoms with E-state index < -0.39 is 28.5 Å². The number of hydrogen-bond acceptors (Lipinski definition) is 7. The van der Waals surface area contributed by atoms with Crippen molar-refractivity contribution >= 4 is 27.6 Å². The van der Waals surface area contributed by atoms with Crippen LogP contribution in [0, 0.1) is 0 Å². The molecule has 28 heavy (non-hydrogen) atoms. The Morgan fingerprint density at radius 2 is 1.93 bits per heavy atom. The molecule has 1 heterocycles.